The molecule has 10 N–H and O–H groups in total. The van der Waals surface area contributed by atoms with Crippen LogP contribution < -0.4 is 59.1 Å². The molecule has 0 aliphatic carbocycles. The summed E-state index contributed by atoms with van der Waals surface area (Å²) < 4.78 is 20.2. The van der Waals surface area contributed by atoms with Crippen molar-refractivity contribution in [2.45, 2.75) is 79.9 Å². The Bertz CT molecular complexity index is 782. The van der Waals surface area contributed by atoms with Crippen LogP contribution in [-0.4, -0.2) is 149 Å². The molecule has 2 heterocycles. The first-order valence-electron chi connectivity index (χ1n) is 10.2. The Hall–Kier alpha value is -0.0300. The van der Waals surface area contributed by atoms with Crippen molar-refractivity contribution in [2.75, 3.05) is 13.2 Å². The Morgan fingerprint density at radius 2 is 1.41 bits per heavy atom. The molecule has 2 aliphatic heterocycles. The SMILES string of the molecule is O=C(O)CC(O)(CC(=O)OC[C@H]1O[C@@H](O[C@H]2[C@H](O)[C@@H](O)[C@@H](O)O[C@@H]2CO)[C@H](O)[C@@H](O)[C@H]1O)C(=O)O.[H-].[H-].[Na+].[Na+]. The van der Waals surface area contributed by atoms with Crippen LogP contribution in [0, 0.1) is 0 Å². The van der Waals surface area contributed by atoms with E-state index >= 15 is 0 Å². The van der Waals surface area contributed by atoms with Crippen molar-refractivity contribution in [1.82, 2.24) is 0 Å². The normalized spacial score (nSPS) is 37.3. The Balaban J connectivity index is -0.00000324. The van der Waals surface area contributed by atoms with Gasteiger partial charge in [0, 0.05) is 0 Å². The molecular weight excluding hydrogens is 534 g/mol. The Morgan fingerprint density at radius 3 is 1.92 bits per heavy atom. The van der Waals surface area contributed by atoms with E-state index in [1.165, 1.54) is 0 Å². The van der Waals surface area contributed by atoms with Gasteiger partial charge in [0.25, 0.3) is 0 Å². The van der Waals surface area contributed by atoms with Gasteiger partial charge in [0.1, 0.15) is 55.4 Å². The Morgan fingerprint density at radius 1 is 0.811 bits per heavy atom. The maximum Gasteiger partial charge on any atom is 1.00 e. The van der Waals surface area contributed by atoms with Crippen molar-refractivity contribution < 1.29 is 146 Å². The first-order valence-corrected chi connectivity index (χ1v) is 10.2. The molecule has 17 nitrogen and oxygen atoms in total. The van der Waals surface area contributed by atoms with Crippen LogP contribution in [0.1, 0.15) is 15.7 Å². The van der Waals surface area contributed by atoms with Crippen molar-refractivity contribution >= 4 is 17.9 Å². The van der Waals surface area contributed by atoms with Crippen LogP contribution in [0.25, 0.3) is 0 Å². The van der Waals surface area contributed by atoms with Crippen molar-refractivity contribution in [2.24, 2.45) is 0 Å². The minimum absolute atomic E-state index is 0. The zero-order valence-electron chi connectivity index (χ0n) is 21.9. The van der Waals surface area contributed by atoms with Crippen LogP contribution in [0.4, 0.5) is 0 Å². The summed E-state index contributed by atoms with van der Waals surface area (Å²) in [7, 11) is 0. The van der Waals surface area contributed by atoms with Crippen LogP contribution >= 0.6 is 0 Å². The van der Waals surface area contributed by atoms with Gasteiger partial charge in [-0.15, -0.1) is 0 Å². The molecule has 2 rings (SSSR count). The third-order valence-corrected chi connectivity index (χ3v) is 5.49. The minimum Gasteiger partial charge on any atom is -1.00 e. The molecule has 206 valence electrons. The molecule has 0 radical (unpaired) electrons. The zero-order valence-corrected chi connectivity index (χ0v) is 23.9. The first kappa shape index (κ1) is 37.0. The van der Waals surface area contributed by atoms with Gasteiger partial charge in [-0.2, -0.15) is 0 Å². The monoisotopic (exact) mass is 564 g/mol. The van der Waals surface area contributed by atoms with E-state index in [-0.39, 0.29) is 62.0 Å². The summed E-state index contributed by atoms with van der Waals surface area (Å²) in [5, 5.41) is 96.9. The summed E-state index contributed by atoms with van der Waals surface area (Å²) in [6.07, 6.45) is -20.5. The summed E-state index contributed by atoms with van der Waals surface area (Å²) >= 11 is 0. The summed E-state index contributed by atoms with van der Waals surface area (Å²) in [5.74, 6) is -5.12. The average Bonchev–Trinajstić information content (AvgIpc) is 2.77. The van der Waals surface area contributed by atoms with E-state index in [1.54, 1.807) is 0 Å². The number of aliphatic hydroxyl groups is 8. The number of hydrogen-bond acceptors (Lipinski definition) is 15. The van der Waals surface area contributed by atoms with Gasteiger partial charge in [0.15, 0.2) is 18.2 Å². The number of aliphatic hydroxyl groups excluding tert-OH is 7. The molecule has 0 aromatic heterocycles. The summed E-state index contributed by atoms with van der Waals surface area (Å²) in [5.41, 5.74) is -2.99. The molecule has 2 fully saturated rings. The molecule has 1 unspecified atom stereocenters. The molecule has 0 saturated carbocycles. The summed E-state index contributed by atoms with van der Waals surface area (Å²) in [6, 6.07) is 0. The molecular formula is C18H30Na2O17. The molecule has 2 saturated heterocycles. The van der Waals surface area contributed by atoms with Crippen LogP contribution in [-0.2, 0) is 33.3 Å². The van der Waals surface area contributed by atoms with Crippen LogP contribution in [0.3, 0.4) is 0 Å². The zero-order chi connectivity index (χ0) is 26.7. The third-order valence-electron chi connectivity index (χ3n) is 5.49. The van der Waals surface area contributed by atoms with Gasteiger partial charge in [-0.3, -0.25) is 9.59 Å². The predicted molar refractivity (Wildman–Crippen MR) is 104 cm³/mol. The number of aliphatic carboxylic acids is 2. The number of carbonyl (C=O) groups excluding carboxylic acids is 1. The smallest absolute Gasteiger partial charge is 1.00 e. The second kappa shape index (κ2) is 15.7. The van der Waals surface area contributed by atoms with Crippen molar-refractivity contribution in [3.8, 4) is 0 Å². The fourth-order valence-electron chi connectivity index (χ4n) is 3.49. The fraction of sp³-hybridized carbons (Fsp3) is 0.833. The first-order chi connectivity index (χ1) is 16.2. The topological polar surface area (TPSA) is 290 Å². The number of ether oxygens (including phenoxy) is 4. The number of carboxylic acid groups (broad SMARTS) is 2. The van der Waals surface area contributed by atoms with Crippen molar-refractivity contribution in [3.05, 3.63) is 0 Å². The number of carboxylic acids is 2. The largest absolute Gasteiger partial charge is 1.00 e. The standard InChI is InChI=1S/C18H28O17.2Na.2H/c19-3-5-14(11(25)12(26)15(28)33-5)35-16-13(27)10(24)9(23)6(34-16)4-32-8(22)2-18(31,17(29)30)1-7(20)21;;;;/h5-6,9-16,19,23-28,31H,1-4H2,(H,20,21)(H,29,30);;;;/q;2*+1;2*-1/t5-,6-,9+,10+,11-,12-,13-,14-,15+,16+,18?;;;;/m1..../s1. The predicted octanol–water partition coefficient (Wildman–Crippen LogP) is -11.9. The van der Waals surface area contributed by atoms with Crippen LogP contribution in [0.15, 0.2) is 0 Å². The molecule has 0 spiro atoms. The molecule has 0 aromatic rings. The van der Waals surface area contributed by atoms with Gasteiger partial charge in [0.2, 0.25) is 0 Å². The van der Waals surface area contributed by atoms with Crippen LogP contribution in [0.5, 0.6) is 0 Å². The van der Waals surface area contributed by atoms with E-state index in [0.717, 1.165) is 0 Å². The van der Waals surface area contributed by atoms with Crippen molar-refractivity contribution in [3.63, 3.8) is 0 Å². The molecule has 0 bridgehead atoms. The molecule has 0 aromatic carbocycles. The second-order valence-electron chi connectivity index (χ2n) is 8.11. The number of hydrogen-bond donors (Lipinski definition) is 10. The second-order valence-corrected chi connectivity index (χ2v) is 8.11. The molecule has 37 heavy (non-hydrogen) atoms. The van der Waals surface area contributed by atoms with E-state index in [2.05, 4.69) is 0 Å². The third kappa shape index (κ3) is 9.25. The van der Waals surface area contributed by atoms with Gasteiger partial charge in [-0.05, 0) is 0 Å². The number of esters is 1. The summed E-state index contributed by atoms with van der Waals surface area (Å²) in [6.45, 7) is -1.70. The Kier molecular flexibility index (Phi) is 15.7. The minimum atomic E-state index is -2.99. The van der Waals surface area contributed by atoms with E-state index in [4.69, 9.17) is 29.2 Å². The van der Waals surface area contributed by atoms with Crippen LogP contribution in [0.2, 0.25) is 0 Å². The van der Waals surface area contributed by atoms with Gasteiger partial charge in [0.05, 0.1) is 19.4 Å². The molecule has 0 amide bonds. The molecule has 19 heteroatoms. The fourth-order valence-corrected chi connectivity index (χ4v) is 3.49. The van der Waals surface area contributed by atoms with Gasteiger partial charge < -0.3 is 72.9 Å². The summed E-state index contributed by atoms with van der Waals surface area (Å²) in [4.78, 5) is 33.9. The van der Waals surface area contributed by atoms with E-state index in [0.29, 0.717) is 0 Å². The maximum absolute atomic E-state index is 12.0. The Labute approximate surface area is 256 Å². The van der Waals surface area contributed by atoms with Gasteiger partial charge in [-0.1, -0.05) is 0 Å². The average molecular weight is 564 g/mol. The quantitative estimate of drug-likeness (QED) is 0.0870. The maximum atomic E-state index is 12.0. The number of rotatable bonds is 10. The van der Waals surface area contributed by atoms with Gasteiger partial charge in [-0.25, -0.2) is 4.79 Å². The van der Waals surface area contributed by atoms with E-state index < -0.39 is 111 Å². The van der Waals surface area contributed by atoms with E-state index in [9.17, 15) is 55.2 Å². The number of carbonyl (C=O) groups is 3. The molecule has 11 atom stereocenters. The van der Waals surface area contributed by atoms with Crippen molar-refractivity contribution in [1.29, 1.82) is 0 Å². The van der Waals surface area contributed by atoms with Gasteiger partial charge >= 0.3 is 77.0 Å². The molecule has 2 aliphatic rings. The van der Waals surface area contributed by atoms with E-state index in [1.807, 2.05) is 0 Å².